The maximum Gasteiger partial charge on any atom is 0.325 e. The minimum Gasteiger partial charge on any atom is -0.322 e. The first-order valence-corrected chi connectivity index (χ1v) is 11.4. The first-order chi connectivity index (χ1) is 15.5. The van der Waals surface area contributed by atoms with E-state index in [0.29, 0.717) is 19.3 Å². The molecule has 4 N–H and O–H groups in total. The quantitative estimate of drug-likeness (QED) is 0.587. The minimum atomic E-state index is -3.29. The Labute approximate surface area is 186 Å². The zero-order chi connectivity index (χ0) is 23.9. The molecule has 3 aliphatic carbocycles. The molecular weight excluding hydrogens is 447 g/mol. The second-order valence-electron chi connectivity index (χ2n) is 10.1. The standard InChI is InChI=1S/C22H27F5N4O2/c1-9-15-13(19(32)30-20(33)29-15)14(18(24)25)16(23)22(9,11-4-5-11)31-7-10-3-2-6-21(26,27)17(28)12(10)8-31/h9-12,17-18H,2-8,28H2,1H3,(H2,29,30,32,33). The molecule has 1 aromatic heterocycles. The van der Waals surface area contributed by atoms with Crippen LogP contribution in [-0.4, -0.2) is 51.9 Å². The van der Waals surface area contributed by atoms with Gasteiger partial charge in [-0.15, -0.1) is 0 Å². The summed E-state index contributed by atoms with van der Waals surface area (Å²) >= 11 is 0. The molecule has 5 rings (SSSR count). The molecule has 182 valence electrons. The summed E-state index contributed by atoms with van der Waals surface area (Å²) in [6, 6.07) is -1.40. The molecule has 0 radical (unpaired) electrons. The van der Waals surface area contributed by atoms with Gasteiger partial charge < -0.3 is 10.7 Å². The Bertz CT molecular complexity index is 1110. The van der Waals surface area contributed by atoms with Crippen molar-refractivity contribution >= 4 is 5.57 Å². The van der Waals surface area contributed by atoms with Crippen LogP contribution in [0.4, 0.5) is 22.0 Å². The van der Waals surface area contributed by atoms with Crippen LogP contribution in [0.3, 0.4) is 0 Å². The highest BCUT2D eigenvalue weighted by Crippen LogP contribution is 2.60. The number of alkyl halides is 4. The number of halogens is 5. The van der Waals surface area contributed by atoms with Crippen LogP contribution < -0.4 is 17.0 Å². The highest BCUT2D eigenvalue weighted by Gasteiger charge is 2.63. The van der Waals surface area contributed by atoms with Crippen molar-refractivity contribution in [3.05, 3.63) is 37.9 Å². The Hall–Kier alpha value is -2.01. The summed E-state index contributed by atoms with van der Waals surface area (Å²) in [6.45, 7) is 1.91. The van der Waals surface area contributed by atoms with E-state index in [1.54, 1.807) is 11.8 Å². The predicted octanol–water partition coefficient (Wildman–Crippen LogP) is 2.97. The van der Waals surface area contributed by atoms with Crippen molar-refractivity contribution in [1.82, 2.24) is 14.9 Å². The van der Waals surface area contributed by atoms with Gasteiger partial charge in [-0.3, -0.25) is 14.7 Å². The first-order valence-electron chi connectivity index (χ1n) is 11.4. The smallest absolute Gasteiger partial charge is 0.322 e. The minimum absolute atomic E-state index is 0.0333. The van der Waals surface area contributed by atoms with Crippen molar-refractivity contribution in [2.75, 3.05) is 13.1 Å². The summed E-state index contributed by atoms with van der Waals surface area (Å²) in [6.07, 6.45) is -1.66. The zero-order valence-corrected chi connectivity index (χ0v) is 18.1. The lowest BCUT2D eigenvalue weighted by Gasteiger charge is -2.49. The molecule has 4 aliphatic rings. The summed E-state index contributed by atoms with van der Waals surface area (Å²) in [7, 11) is 0. The van der Waals surface area contributed by atoms with Crippen molar-refractivity contribution in [2.45, 2.75) is 68.9 Å². The highest BCUT2D eigenvalue weighted by molar-refractivity contribution is 5.76. The Kier molecular flexibility index (Phi) is 5.17. The number of nitrogens with zero attached hydrogens (tertiary/aromatic N) is 1. The van der Waals surface area contributed by atoms with Crippen LogP contribution in [0.25, 0.3) is 5.57 Å². The van der Waals surface area contributed by atoms with Gasteiger partial charge in [-0.2, -0.15) is 0 Å². The van der Waals surface area contributed by atoms with Crippen molar-refractivity contribution in [2.24, 2.45) is 23.5 Å². The number of nitrogens with one attached hydrogen (secondary N) is 2. The van der Waals surface area contributed by atoms with Crippen LogP contribution >= 0.6 is 0 Å². The van der Waals surface area contributed by atoms with Gasteiger partial charge >= 0.3 is 5.69 Å². The second kappa shape index (κ2) is 7.49. The second-order valence-corrected chi connectivity index (χ2v) is 10.1. The van der Waals surface area contributed by atoms with Crippen molar-refractivity contribution < 1.29 is 22.0 Å². The third kappa shape index (κ3) is 3.18. The first kappa shape index (κ1) is 22.8. The summed E-state index contributed by atoms with van der Waals surface area (Å²) in [5.41, 5.74) is 0.926. The number of nitrogens with two attached hydrogens (primary N) is 1. The average molecular weight is 474 g/mol. The van der Waals surface area contributed by atoms with Gasteiger partial charge in [0.15, 0.2) is 0 Å². The Morgan fingerprint density at radius 1 is 1.12 bits per heavy atom. The number of aromatic nitrogens is 2. The normalized spacial score (nSPS) is 36.6. The molecule has 11 heteroatoms. The lowest BCUT2D eigenvalue weighted by atomic mass is 9.69. The van der Waals surface area contributed by atoms with Gasteiger partial charge in [-0.1, -0.05) is 6.92 Å². The number of likely N-dealkylation sites (tertiary alicyclic amines) is 1. The van der Waals surface area contributed by atoms with Gasteiger partial charge in [0.25, 0.3) is 17.9 Å². The van der Waals surface area contributed by atoms with Gasteiger partial charge in [0.1, 0.15) is 5.83 Å². The monoisotopic (exact) mass is 474 g/mol. The third-order valence-corrected chi connectivity index (χ3v) is 8.39. The molecule has 0 amide bonds. The number of hydrogen-bond acceptors (Lipinski definition) is 4. The fourth-order valence-corrected chi connectivity index (χ4v) is 6.75. The maximum absolute atomic E-state index is 16.3. The van der Waals surface area contributed by atoms with Gasteiger partial charge in [-0.05, 0) is 43.4 Å². The van der Waals surface area contributed by atoms with Crippen LogP contribution in [0.1, 0.15) is 56.2 Å². The largest absolute Gasteiger partial charge is 0.325 e. The van der Waals surface area contributed by atoms with E-state index in [1.807, 2.05) is 4.98 Å². The molecule has 1 aromatic rings. The van der Waals surface area contributed by atoms with Gasteiger partial charge in [0.2, 0.25) is 0 Å². The summed E-state index contributed by atoms with van der Waals surface area (Å²) < 4.78 is 73.8. The van der Waals surface area contributed by atoms with E-state index < -0.39 is 64.0 Å². The number of aromatic amines is 2. The lowest BCUT2D eigenvalue weighted by Crippen LogP contribution is -2.58. The number of hydrogen-bond donors (Lipinski definition) is 3. The molecule has 0 aromatic carbocycles. The zero-order valence-electron chi connectivity index (χ0n) is 18.1. The molecule has 1 aliphatic heterocycles. The van der Waals surface area contributed by atoms with E-state index >= 15 is 4.39 Å². The lowest BCUT2D eigenvalue weighted by molar-refractivity contribution is -0.0473. The molecule has 5 atom stereocenters. The number of H-pyrrole nitrogens is 2. The molecule has 0 bridgehead atoms. The molecule has 6 nitrogen and oxygen atoms in total. The fourth-order valence-electron chi connectivity index (χ4n) is 6.75. The molecule has 1 saturated heterocycles. The molecule has 5 unspecified atom stereocenters. The van der Waals surface area contributed by atoms with Crippen molar-refractivity contribution in [3.8, 4) is 0 Å². The fraction of sp³-hybridized carbons (Fsp3) is 0.727. The predicted molar refractivity (Wildman–Crippen MR) is 111 cm³/mol. The topological polar surface area (TPSA) is 95.0 Å². The SMILES string of the molecule is CC1c2[nH]c(=O)[nH]c(=O)c2C(C(F)F)=C(F)C1(C1CC1)N1CC2CCCC(F)(F)C(N)C2C1. The van der Waals surface area contributed by atoms with Crippen LogP contribution in [0.5, 0.6) is 0 Å². The Balaban J connectivity index is 1.67. The Morgan fingerprint density at radius 3 is 2.45 bits per heavy atom. The number of allylic oxidation sites excluding steroid dienone is 1. The average Bonchev–Trinajstić information content (AvgIpc) is 3.49. The van der Waals surface area contributed by atoms with Gasteiger partial charge in [0.05, 0.1) is 22.7 Å². The molecule has 33 heavy (non-hydrogen) atoms. The van der Waals surface area contributed by atoms with E-state index in [9.17, 15) is 27.2 Å². The third-order valence-electron chi connectivity index (χ3n) is 8.39. The van der Waals surface area contributed by atoms with Crippen LogP contribution in [-0.2, 0) is 0 Å². The number of fused-ring (bicyclic) bond motifs is 2. The van der Waals surface area contributed by atoms with Gasteiger partial charge in [-0.25, -0.2) is 26.7 Å². The van der Waals surface area contributed by atoms with Crippen molar-refractivity contribution in [1.29, 1.82) is 0 Å². The Morgan fingerprint density at radius 2 is 1.82 bits per heavy atom. The van der Waals surface area contributed by atoms with Crippen LogP contribution in [0.15, 0.2) is 15.4 Å². The van der Waals surface area contributed by atoms with E-state index in [4.69, 9.17) is 5.73 Å². The molecule has 2 heterocycles. The summed E-state index contributed by atoms with van der Waals surface area (Å²) in [5.74, 6) is -6.12. The van der Waals surface area contributed by atoms with E-state index in [-0.39, 0.29) is 43.5 Å². The maximum atomic E-state index is 16.3. The summed E-state index contributed by atoms with van der Waals surface area (Å²) in [5, 5.41) is 0. The molecule has 3 fully saturated rings. The highest BCUT2D eigenvalue weighted by atomic mass is 19.3. The number of rotatable bonds is 3. The van der Waals surface area contributed by atoms with Crippen LogP contribution in [0.2, 0.25) is 0 Å². The summed E-state index contributed by atoms with van der Waals surface area (Å²) in [4.78, 5) is 30.6. The van der Waals surface area contributed by atoms with Crippen LogP contribution in [0, 0.1) is 17.8 Å². The van der Waals surface area contributed by atoms with E-state index in [1.165, 1.54) is 0 Å². The van der Waals surface area contributed by atoms with E-state index in [2.05, 4.69) is 4.98 Å². The van der Waals surface area contributed by atoms with E-state index in [0.717, 1.165) is 0 Å². The molecular formula is C22H27F5N4O2. The molecule has 0 spiro atoms. The van der Waals surface area contributed by atoms with Crippen molar-refractivity contribution in [3.63, 3.8) is 0 Å². The molecule has 2 saturated carbocycles. The van der Waals surface area contributed by atoms with Gasteiger partial charge in [0, 0.05) is 31.1 Å².